The van der Waals surface area contributed by atoms with Gasteiger partial charge in [0.25, 0.3) is 5.91 Å². The summed E-state index contributed by atoms with van der Waals surface area (Å²) in [5, 5.41) is 2.87. The fourth-order valence-electron chi connectivity index (χ4n) is 2.62. The molecule has 0 saturated carbocycles. The summed E-state index contributed by atoms with van der Waals surface area (Å²) in [5.41, 5.74) is 2.12. The minimum Gasteiger partial charge on any atom is -0.484 e. The van der Waals surface area contributed by atoms with Gasteiger partial charge in [0.15, 0.2) is 6.61 Å². The van der Waals surface area contributed by atoms with E-state index in [1.165, 1.54) is 0 Å². The zero-order valence-electron chi connectivity index (χ0n) is 16.4. The van der Waals surface area contributed by atoms with Crippen LogP contribution in [-0.4, -0.2) is 35.4 Å². The number of nitrogens with one attached hydrogen (secondary N) is 1. The number of nitrogens with zero attached hydrogens (tertiary/aromatic N) is 1. The van der Waals surface area contributed by atoms with Crippen molar-refractivity contribution in [1.82, 2.24) is 10.2 Å². The summed E-state index contributed by atoms with van der Waals surface area (Å²) in [6.45, 7) is 7.79. The lowest BCUT2D eigenvalue weighted by molar-refractivity contribution is -0.142. The first-order chi connectivity index (χ1) is 12.9. The van der Waals surface area contributed by atoms with Crippen LogP contribution in [0.1, 0.15) is 31.9 Å². The molecule has 0 aliphatic heterocycles. The van der Waals surface area contributed by atoms with E-state index in [1.807, 2.05) is 63.2 Å². The molecule has 0 bridgehead atoms. The fourth-order valence-corrected chi connectivity index (χ4v) is 2.62. The van der Waals surface area contributed by atoms with Gasteiger partial charge in [-0.2, -0.15) is 0 Å². The first kappa shape index (κ1) is 20.5. The molecule has 2 rings (SSSR count). The summed E-state index contributed by atoms with van der Waals surface area (Å²) >= 11 is 0. The van der Waals surface area contributed by atoms with Gasteiger partial charge in [0.05, 0.1) is 0 Å². The van der Waals surface area contributed by atoms with Crippen molar-refractivity contribution in [2.75, 3.05) is 6.61 Å². The predicted molar refractivity (Wildman–Crippen MR) is 106 cm³/mol. The Balaban J connectivity index is 2.12. The Hall–Kier alpha value is -2.82. The third-order valence-electron chi connectivity index (χ3n) is 4.18. The summed E-state index contributed by atoms with van der Waals surface area (Å²) in [6.07, 6.45) is 0. The molecule has 144 valence electrons. The van der Waals surface area contributed by atoms with E-state index < -0.39 is 6.04 Å². The molecule has 0 aromatic heterocycles. The van der Waals surface area contributed by atoms with Crippen LogP contribution in [0.3, 0.4) is 0 Å². The average molecular weight is 368 g/mol. The number of rotatable bonds is 8. The molecule has 1 unspecified atom stereocenters. The minimum atomic E-state index is -0.597. The van der Waals surface area contributed by atoms with Gasteiger partial charge in [-0.1, -0.05) is 48.0 Å². The van der Waals surface area contributed by atoms with Crippen LogP contribution in [0.5, 0.6) is 5.75 Å². The van der Waals surface area contributed by atoms with E-state index >= 15 is 0 Å². The maximum Gasteiger partial charge on any atom is 0.261 e. The Morgan fingerprint density at radius 2 is 1.63 bits per heavy atom. The summed E-state index contributed by atoms with van der Waals surface area (Å²) in [4.78, 5) is 26.9. The van der Waals surface area contributed by atoms with Gasteiger partial charge in [-0.25, -0.2) is 0 Å². The number of hydrogen-bond donors (Lipinski definition) is 1. The maximum absolute atomic E-state index is 12.8. The zero-order valence-corrected chi connectivity index (χ0v) is 16.4. The fraction of sp³-hybridized carbons (Fsp3) is 0.364. The standard InChI is InChI=1S/C22H28N2O3/c1-16(2)23-22(26)18(4)24(14-19-12-10-17(3)11-13-19)21(25)15-27-20-8-6-5-7-9-20/h5-13,16,18H,14-15H2,1-4H3,(H,23,26). The van der Waals surface area contributed by atoms with Crippen LogP contribution in [0.25, 0.3) is 0 Å². The molecule has 2 aromatic rings. The number of carbonyl (C=O) groups is 2. The smallest absolute Gasteiger partial charge is 0.261 e. The molecule has 27 heavy (non-hydrogen) atoms. The largest absolute Gasteiger partial charge is 0.484 e. The molecule has 5 nitrogen and oxygen atoms in total. The van der Waals surface area contributed by atoms with Gasteiger partial charge in [-0.15, -0.1) is 0 Å². The first-order valence-corrected chi connectivity index (χ1v) is 9.20. The molecule has 1 N–H and O–H groups in total. The highest BCUT2D eigenvalue weighted by atomic mass is 16.5. The van der Waals surface area contributed by atoms with E-state index in [0.717, 1.165) is 11.1 Å². The molecule has 0 aliphatic rings. The van der Waals surface area contributed by atoms with Crippen LogP contribution in [-0.2, 0) is 16.1 Å². The molecule has 0 radical (unpaired) electrons. The number of hydrogen-bond acceptors (Lipinski definition) is 3. The van der Waals surface area contributed by atoms with Crippen molar-refractivity contribution in [3.63, 3.8) is 0 Å². The van der Waals surface area contributed by atoms with E-state index in [-0.39, 0.29) is 24.5 Å². The highest BCUT2D eigenvalue weighted by Gasteiger charge is 2.26. The van der Waals surface area contributed by atoms with Gasteiger partial charge in [0, 0.05) is 12.6 Å². The molecule has 1 atom stereocenters. The number of amides is 2. The summed E-state index contributed by atoms with van der Waals surface area (Å²) in [7, 11) is 0. The van der Waals surface area contributed by atoms with Gasteiger partial charge in [0.1, 0.15) is 11.8 Å². The molecule has 0 spiro atoms. The van der Waals surface area contributed by atoms with Crippen molar-refractivity contribution >= 4 is 11.8 Å². The second-order valence-electron chi connectivity index (χ2n) is 6.95. The van der Waals surface area contributed by atoms with E-state index in [9.17, 15) is 9.59 Å². The van der Waals surface area contributed by atoms with Crippen LogP contribution in [0.2, 0.25) is 0 Å². The Morgan fingerprint density at radius 1 is 1.00 bits per heavy atom. The van der Waals surface area contributed by atoms with Gasteiger partial charge in [0.2, 0.25) is 5.91 Å². The van der Waals surface area contributed by atoms with E-state index in [2.05, 4.69) is 5.32 Å². The molecule has 0 aliphatic carbocycles. The molecule has 0 fully saturated rings. The van der Waals surface area contributed by atoms with E-state index in [1.54, 1.807) is 24.0 Å². The molecule has 0 saturated heterocycles. The minimum absolute atomic E-state index is 0.0110. The first-order valence-electron chi connectivity index (χ1n) is 9.20. The third-order valence-corrected chi connectivity index (χ3v) is 4.18. The molecular weight excluding hydrogens is 340 g/mol. The SMILES string of the molecule is Cc1ccc(CN(C(=O)COc2ccccc2)C(C)C(=O)NC(C)C)cc1. The molecular formula is C22H28N2O3. The van der Waals surface area contributed by atoms with Crippen molar-refractivity contribution in [3.05, 3.63) is 65.7 Å². The normalized spacial score (nSPS) is 11.7. The Bertz CT molecular complexity index is 742. The molecule has 2 aromatic carbocycles. The van der Waals surface area contributed by atoms with Crippen molar-refractivity contribution in [3.8, 4) is 5.75 Å². The third kappa shape index (κ3) is 6.44. The zero-order chi connectivity index (χ0) is 19.8. The lowest BCUT2D eigenvalue weighted by atomic mass is 10.1. The van der Waals surface area contributed by atoms with Crippen LogP contribution < -0.4 is 10.1 Å². The van der Waals surface area contributed by atoms with Gasteiger partial charge in [-0.05, 0) is 45.4 Å². The van der Waals surface area contributed by atoms with Crippen LogP contribution >= 0.6 is 0 Å². The lowest BCUT2D eigenvalue weighted by Crippen LogP contribution is -2.50. The second kappa shape index (κ2) is 9.76. The second-order valence-corrected chi connectivity index (χ2v) is 6.95. The maximum atomic E-state index is 12.8. The number of ether oxygens (including phenoxy) is 1. The summed E-state index contributed by atoms with van der Waals surface area (Å²) < 4.78 is 5.59. The Kier molecular flexibility index (Phi) is 7.41. The van der Waals surface area contributed by atoms with Crippen LogP contribution in [0.4, 0.5) is 0 Å². The Labute approximate surface area is 161 Å². The van der Waals surface area contributed by atoms with E-state index in [4.69, 9.17) is 4.74 Å². The van der Waals surface area contributed by atoms with Gasteiger partial charge in [-0.3, -0.25) is 9.59 Å². The quantitative estimate of drug-likeness (QED) is 0.778. The van der Waals surface area contributed by atoms with Crippen LogP contribution in [0, 0.1) is 6.92 Å². The molecule has 2 amide bonds. The molecule has 5 heteroatoms. The van der Waals surface area contributed by atoms with Crippen molar-refractivity contribution < 1.29 is 14.3 Å². The number of carbonyl (C=O) groups excluding carboxylic acids is 2. The summed E-state index contributed by atoms with van der Waals surface area (Å²) in [6, 6.07) is 16.5. The van der Waals surface area contributed by atoms with Crippen molar-refractivity contribution in [1.29, 1.82) is 0 Å². The number of para-hydroxylation sites is 1. The van der Waals surface area contributed by atoms with Gasteiger partial charge < -0.3 is 15.0 Å². The topological polar surface area (TPSA) is 58.6 Å². The monoisotopic (exact) mass is 368 g/mol. The molecule has 0 heterocycles. The highest BCUT2D eigenvalue weighted by Crippen LogP contribution is 2.13. The highest BCUT2D eigenvalue weighted by molar-refractivity contribution is 5.88. The number of aryl methyl sites for hydroxylation is 1. The predicted octanol–water partition coefficient (Wildman–Crippen LogP) is 3.32. The summed E-state index contributed by atoms with van der Waals surface area (Å²) in [5.74, 6) is 0.219. The van der Waals surface area contributed by atoms with E-state index in [0.29, 0.717) is 12.3 Å². The average Bonchev–Trinajstić information content (AvgIpc) is 2.65. The van der Waals surface area contributed by atoms with Crippen molar-refractivity contribution in [2.45, 2.75) is 46.3 Å². The van der Waals surface area contributed by atoms with Gasteiger partial charge >= 0.3 is 0 Å². The van der Waals surface area contributed by atoms with Crippen LogP contribution in [0.15, 0.2) is 54.6 Å². The van der Waals surface area contributed by atoms with Crippen molar-refractivity contribution in [2.24, 2.45) is 0 Å². The Morgan fingerprint density at radius 3 is 2.22 bits per heavy atom. The number of benzene rings is 2. The lowest BCUT2D eigenvalue weighted by Gasteiger charge is -2.29.